The molecule has 0 bridgehead atoms. The molecule has 0 aliphatic carbocycles. The van der Waals surface area contributed by atoms with Crippen molar-refractivity contribution in [3.8, 4) is 0 Å². The van der Waals surface area contributed by atoms with Crippen molar-refractivity contribution in [2.24, 2.45) is 0 Å². The van der Waals surface area contributed by atoms with Gasteiger partial charge in [-0.25, -0.2) is 9.18 Å². The van der Waals surface area contributed by atoms with Crippen LogP contribution in [0.2, 0.25) is 0 Å². The van der Waals surface area contributed by atoms with Gasteiger partial charge in [0.15, 0.2) is 6.23 Å². The van der Waals surface area contributed by atoms with Crippen LogP contribution in [0.25, 0.3) is 0 Å². The van der Waals surface area contributed by atoms with Crippen LogP contribution in [0.15, 0.2) is 15.7 Å². The van der Waals surface area contributed by atoms with Crippen molar-refractivity contribution in [3.05, 3.63) is 32.6 Å². The van der Waals surface area contributed by atoms with Crippen LogP contribution in [0, 0.1) is 0 Å². The van der Waals surface area contributed by atoms with Gasteiger partial charge in [0.1, 0.15) is 18.3 Å². The molecule has 4 atom stereocenters. The molecule has 0 amide bonds. The van der Waals surface area contributed by atoms with Gasteiger partial charge in [-0.15, -0.1) is 0 Å². The van der Waals surface area contributed by atoms with Crippen LogP contribution in [-0.4, -0.2) is 49.0 Å². The highest BCUT2D eigenvalue weighted by atomic mass is 19.2. The average molecular weight is 274 g/mol. The number of fused-ring (bicyclic) bond motifs is 3. The molecule has 0 unspecified atom stereocenters. The maximum atomic E-state index is 14.0. The topological polar surface area (TPSA) is 125 Å². The monoisotopic (exact) mass is 274 g/mol. The summed E-state index contributed by atoms with van der Waals surface area (Å²) in [6, 6.07) is 1.06. The van der Waals surface area contributed by atoms with E-state index in [4.69, 9.17) is 9.84 Å². The molecular formula is C10H11FN2O6. The van der Waals surface area contributed by atoms with Crippen LogP contribution in [0.1, 0.15) is 11.9 Å². The van der Waals surface area contributed by atoms with Crippen molar-refractivity contribution >= 4 is 0 Å². The number of aliphatic hydroxyl groups excluding tert-OH is 2. The Bertz CT molecular complexity index is 656. The Balaban J connectivity index is 2.18. The molecule has 9 heteroatoms. The number of nitrogens with zero attached hydrogens (tertiary/aromatic N) is 1. The van der Waals surface area contributed by atoms with Gasteiger partial charge in [0.05, 0.1) is 0 Å². The number of aromatic nitrogens is 2. The van der Waals surface area contributed by atoms with Gasteiger partial charge in [-0.3, -0.25) is 14.3 Å². The first-order chi connectivity index (χ1) is 8.82. The number of H-pyrrole nitrogens is 1. The number of halogens is 1. The molecule has 3 rings (SSSR count). The average Bonchev–Trinajstić information content (AvgIpc) is 2.70. The maximum Gasteiger partial charge on any atom is 0.330 e. The molecule has 0 radical (unpaired) electrons. The Hall–Kier alpha value is -1.55. The fourth-order valence-electron chi connectivity index (χ4n) is 2.68. The quantitative estimate of drug-likeness (QED) is 0.444. The van der Waals surface area contributed by atoms with E-state index in [2.05, 4.69) is 0 Å². The predicted molar refractivity (Wildman–Crippen MR) is 57.0 cm³/mol. The predicted octanol–water partition coefficient (Wildman–Crippen LogP) is -2.63. The van der Waals surface area contributed by atoms with Gasteiger partial charge < -0.3 is 20.1 Å². The van der Waals surface area contributed by atoms with E-state index in [1.807, 2.05) is 4.98 Å². The molecule has 1 aromatic rings. The molecule has 2 aliphatic rings. The van der Waals surface area contributed by atoms with Crippen LogP contribution in [0.5, 0.6) is 0 Å². The Kier molecular flexibility index (Phi) is 2.31. The summed E-state index contributed by atoms with van der Waals surface area (Å²) in [5.74, 6) is -2.85. The summed E-state index contributed by atoms with van der Waals surface area (Å²) < 4.78 is 19.7. The molecule has 0 spiro atoms. The first-order valence-electron chi connectivity index (χ1n) is 5.54. The lowest BCUT2D eigenvalue weighted by atomic mass is 9.91. The summed E-state index contributed by atoms with van der Waals surface area (Å²) in [4.78, 5) is 24.8. The summed E-state index contributed by atoms with van der Waals surface area (Å²) in [7, 11) is 0. The number of aliphatic hydroxyl groups is 3. The Morgan fingerprint density at radius 1 is 1.58 bits per heavy atom. The molecule has 0 aromatic carbocycles. The number of ether oxygens (including phenoxy) is 1. The van der Waals surface area contributed by atoms with Gasteiger partial charge >= 0.3 is 5.69 Å². The fraction of sp³-hybridized carbons (Fsp3) is 0.600. The smallest absolute Gasteiger partial charge is 0.330 e. The second-order valence-corrected chi connectivity index (χ2v) is 4.79. The van der Waals surface area contributed by atoms with Crippen LogP contribution < -0.4 is 11.2 Å². The zero-order valence-electron chi connectivity index (χ0n) is 9.54. The van der Waals surface area contributed by atoms with Crippen molar-refractivity contribution in [1.29, 1.82) is 0 Å². The Labute approximate surface area is 104 Å². The molecule has 4 N–H and O–H groups in total. The number of hydrogen-bond acceptors (Lipinski definition) is 6. The van der Waals surface area contributed by atoms with Crippen LogP contribution in [-0.2, 0) is 11.2 Å². The van der Waals surface area contributed by atoms with Crippen molar-refractivity contribution in [1.82, 2.24) is 9.55 Å². The fourth-order valence-corrected chi connectivity index (χ4v) is 2.68. The minimum Gasteiger partial charge on any atom is -0.390 e. The molecule has 1 aromatic heterocycles. The van der Waals surface area contributed by atoms with E-state index in [1.165, 1.54) is 0 Å². The van der Waals surface area contributed by atoms with Gasteiger partial charge in [-0.05, 0) is 0 Å². The van der Waals surface area contributed by atoms with Crippen molar-refractivity contribution in [2.75, 3.05) is 6.61 Å². The van der Waals surface area contributed by atoms with Crippen LogP contribution in [0.3, 0.4) is 0 Å². The SMILES string of the molecule is O=c1cc2n(c(=O)[nH]1)[C@@H]1O[C@](F)(CO)[C@@H](O)[C@]1(O)C2. The van der Waals surface area contributed by atoms with Crippen LogP contribution >= 0.6 is 0 Å². The highest BCUT2D eigenvalue weighted by Gasteiger charge is 2.67. The van der Waals surface area contributed by atoms with E-state index in [0.29, 0.717) is 0 Å². The summed E-state index contributed by atoms with van der Waals surface area (Å²) in [5, 5.41) is 29.0. The molecular weight excluding hydrogens is 263 g/mol. The Morgan fingerprint density at radius 2 is 2.26 bits per heavy atom. The summed E-state index contributed by atoms with van der Waals surface area (Å²) >= 11 is 0. The highest BCUT2D eigenvalue weighted by Crippen LogP contribution is 2.49. The van der Waals surface area contributed by atoms with Crippen molar-refractivity contribution in [3.63, 3.8) is 0 Å². The van der Waals surface area contributed by atoms with E-state index in [9.17, 15) is 24.2 Å². The first kappa shape index (κ1) is 12.5. The number of aromatic amines is 1. The summed E-state index contributed by atoms with van der Waals surface area (Å²) in [6.07, 6.45) is -3.87. The standard InChI is InChI=1S/C10H11FN2O6/c11-10(3-14)6(16)9(18)2-4-1-5(15)12-8(17)13(4)7(9)19-10/h1,6-7,14,16,18H,2-3H2,(H,12,15,17)/t6-,7+,9+,10+/m0/s1. The van der Waals surface area contributed by atoms with Gasteiger partial charge in [0, 0.05) is 18.2 Å². The largest absolute Gasteiger partial charge is 0.390 e. The molecule has 1 fully saturated rings. The minimum atomic E-state index is -2.85. The van der Waals surface area contributed by atoms with Gasteiger partial charge in [0.2, 0.25) is 0 Å². The molecule has 1 saturated heterocycles. The molecule has 104 valence electrons. The third-order valence-corrected chi connectivity index (χ3v) is 3.59. The minimum absolute atomic E-state index is 0.125. The number of nitrogens with one attached hydrogen (secondary N) is 1. The zero-order chi connectivity index (χ0) is 14.0. The van der Waals surface area contributed by atoms with Gasteiger partial charge in [-0.2, -0.15) is 0 Å². The Morgan fingerprint density at radius 3 is 2.89 bits per heavy atom. The van der Waals surface area contributed by atoms with E-state index >= 15 is 0 Å². The number of alkyl halides is 1. The maximum absolute atomic E-state index is 14.0. The molecule has 2 aliphatic heterocycles. The second-order valence-electron chi connectivity index (χ2n) is 4.79. The molecule has 8 nitrogen and oxygen atoms in total. The lowest BCUT2D eigenvalue weighted by molar-refractivity contribution is -0.207. The van der Waals surface area contributed by atoms with E-state index in [-0.39, 0.29) is 12.1 Å². The van der Waals surface area contributed by atoms with Gasteiger partial charge in [0.25, 0.3) is 11.4 Å². The lowest BCUT2D eigenvalue weighted by Gasteiger charge is -2.25. The zero-order valence-corrected chi connectivity index (χ0v) is 9.54. The summed E-state index contributed by atoms with van der Waals surface area (Å²) in [5.41, 5.74) is -3.52. The number of hydrogen-bond donors (Lipinski definition) is 4. The summed E-state index contributed by atoms with van der Waals surface area (Å²) in [6.45, 7) is -1.17. The normalized spacial score (nSPS) is 40.2. The molecule has 3 heterocycles. The van der Waals surface area contributed by atoms with Gasteiger partial charge in [-0.1, -0.05) is 0 Å². The third-order valence-electron chi connectivity index (χ3n) is 3.59. The first-order valence-corrected chi connectivity index (χ1v) is 5.54. The second kappa shape index (κ2) is 3.51. The van der Waals surface area contributed by atoms with E-state index in [0.717, 1.165) is 10.6 Å². The molecule has 0 saturated carbocycles. The van der Waals surface area contributed by atoms with Crippen molar-refractivity contribution < 1.29 is 24.4 Å². The third kappa shape index (κ3) is 1.40. The highest BCUT2D eigenvalue weighted by molar-refractivity contribution is 5.21. The van der Waals surface area contributed by atoms with Crippen molar-refractivity contribution in [2.45, 2.75) is 30.2 Å². The lowest BCUT2D eigenvalue weighted by Crippen LogP contribution is -2.50. The molecule has 19 heavy (non-hydrogen) atoms. The number of rotatable bonds is 1. The van der Waals surface area contributed by atoms with E-state index < -0.39 is 41.6 Å². The van der Waals surface area contributed by atoms with E-state index in [1.54, 1.807) is 0 Å². The van der Waals surface area contributed by atoms with Crippen LogP contribution in [0.4, 0.5) is 4.39 Å².